The van der Waals surface area contributed by atoms with Crippen LogP contribution in [0.3, 0.4) is 0 Å². The van der Waals surface area contributed by atoms with Crippen molar-refractivity contribution in [3.05, 3.63) is 88.2 Å². The third-order valence-electron chi connectivity index (χ3n) is 4.65. The lowest BCUT2D eigenvalue weighted by molar-refractivity contribution is 0.0600. The van der Waals surface area contributed by atoms with E-state index < -0.39 is 0 Å². The van der Waals surface area contributed by atoms with E-state index in [1.807, 2.05) is 61.7 Å². The van der Waals surface area contributed by atoms with E-state index in [-0.39, 0.29) is 11.9 Å². The number of hydrazone groups is 1. The van der Waals surface area contributed by atoms with Crippen molar-refractivity contribution in [2.45, 2.75) is 20.8 Å². The van der Waals surface area contributed by atoms with Crippen LogP contribution >= 0.6 is 0 Å². The standard InChI is InChI=1S/C23H23N3O3/c1-15-7-5-8-18(11-15)22(27)25-24-14-20-12-16(2)26(17(20)3)21-10-6-9-19(13-21)23(28)29-4/h5-14H,1-4H3,(H,25,27)/b24-14-. The van der Waals surface area contributed by atoms with Gasteiger partial charge in [0.2, 0.25) is 0 Å². The maximum absolute atomic E-state index is 12.2. The van der Waals surface area contributed by atoms with Crippen LogP contribution < -0.4 is 5.43 Å². The van der Waals surface area contributed by atoms with Gasteiger partial charge in [-0.1, -0.05) is 23.8 Å². The fourth-order valence-electron chi connectivity index (χ4n) is 3.22. The van der Waals surface area contributed by atoms with E-state index in [9.17, 15) is 9.59 Å². The first-order valence-electron chi connectivity index (χ1n) is 9.18. The second-order valence-electron chi connectivity index (χ2n) is 6.77. The topological polar surface area (TPSA) is 72.7 Å². The van der Waals surface area contributed by atoms with Gasteiger partial charge in [-0.2, -0.15) is 5.10 Å². The molecule has 0 fully saturated rings. The van der Waals surface area contributed by atoms with Crippen LogP contribution in [0.25, 0.3) is 5.69 Å². The first-order valence-corrected chi connectivity index (χ1v) is 9.18. The number of hydrogen-bond acceptors (Lipinski definition) is 4. The van der Waals surface area contributed by atoms with E-state index >= 15 is 0 Å². The van der Waals surface area contributed by atoms with Crippen LogP contribution in [-0.4, -0.2) is 29.8 Å². The SMILES string of the molecule is COC(=O)c1cccc(-n2c(C)cc(/C=N\NC(=O)c3cccc(C)c3)c2C)c1. The molecule has 2 aromatic carbocycles. The molecule has 0 saturated carbocycles. The average Bonchev–Trinajstić information content (AvgIpc) is 3.00. The summed E-state index contributed by atoms with van der Waals surface area (Å²) in [6.45, 7) is 5.87. The summed E-state index contributed by atoms with van der Waals surface area (Å²) in [4.78, 5) is 24.0. The van der Waals surface area contributed by atoms with Crippen LogP contribution in [0.4, 0.5) is 0 Å². The van der Waals surface area contributed by atoms with Gasteiger partial charge in [-0.05, 0) is 57.2 Å². The monoisotopic (exact) mass is 389 g/mol. The highest BCUT2D eigenvalue weighted by molar-refractivity contribution is 5.95. The first kappa shape index (κ1) is 20.1. The zero-order valence-electron chi connectivity index (χ0n) is 16.9. The summed E-state index contributed by atoms with van der Waals surface area (Å²) in [5.41, 5.74) is 8.27. The minimum atomic E-state index is -0.380. The number of amides is 1. The summed E-state index contributed by atoms with van der Waals surface area (Å²) in [7, 11) is 1.36. The number of aromatic nitrogens is 1. The van der Waals surface area contributed by atoms with Gasteiger partial charge < -0.3 is 9.30 Å². The highest BCUT2D eigenvalue weighted by Crippen LogP contribution is 2.21. The maximum Gasteiger partial charge on any atom is 0.337 e. The fraction of sp³-hybridized carbons (Fsp3) is 0.174. The number of aryl methyl sites for hydroxylation is 2. The molecule has 6 heteroatoms. The molecule has 3 aromatic rings. The molecule has 148 valence electrons. The van der Waals surface area contributed by atoms with Crippen molar-refractivity contribution in [1.29, 1.82) is 0 Å². The van der Waals surface area contributed by atoms with E-state index in [0.717, 1.165) is 28.2 Å². The zero-order chi connectivity index (χ0) is 21.0. The quantitative estimate of drug-likeness (QED) is 0.408. The molecule has 1 aromatic heterocycles. The molecule has 0 atom stereocenters. The maximum atomic E-state index is 12.2. The van der Waals surface area contributed by atoms with Crippen molar-refractivity contribution in [3.63, 3.8) is 0 Å². The lowest BCUT2D eigenvalue weighted by Gasteiger charge is -2.11. The Morgan fingerprint density at radius 1 is 1.00 bits per heavy atom. The number of rotatable bonds is 5. The lowest BCUT2D eigenvalue weighted by Crippen LogP contribution is -2.17. The van der Waals surface area contributed by atoms with E-state index in [4.69, 9.17) is 4.74 Å². The zero-order valence-corrected chi connectivity index (χ0v) is 16.9. The summed E-state index contributed by atoms with van der Waals surface area (Å²) in [6.07, 6.45) is 1.62. The van der Waals surface area contributed by atoms with Crippen LogP contribution in [0.2, 0.25) is 0 Å². The molecule has 0 aliphatic carbocycles. The molecular formula is C23H23N3O3. The third kappa shape index (κ3) is 4.43. The number of benzene rings is 2. The van der Waals surface area contributed by atoms with Gasteiger partial charge in [0.1, 0.15) is 0 Å². The molecule has 29 heavy (non-hydrogen) atoms. The van der Waals surface area contributed by atoms with Crippen LogP contribution in [-0.2, 0) is 4.74 Å². The number of methoxy groups -OCH3 is 1. The highest BCUT2D eigenvalue weighted by Gasteiger charge is 2.12. The van der Waals surface area contributed by atoms with Crippen molar-refractivity contribution in [2.75, 3.05) is 7.11 Å². The molecule has 0 unspecified atom stereocenters. The summed E-state index contributed by atoms with van der Waals surface area (Å²) < 4.78 is 6.83. The summed E-state index contributed by atoms with van der Waals surface area (Å²) in [5, 5.41) is 4.10. The Bertz CT molecular complexity index is 1100. The second-order valence-corrected chi connectivity index (χ2v) is 6.77. The van der Waals surface area contributed by atoms with Crippen LogP contribution in [0.5, 0.6) is 0 Å². The lowest BCUT2D eigenvalue weighted by atomic mass is 10.1. The molecular weight excluding hydrogens is 366 g/mol. The van der Waals surface area contributed by atoms with Crippen molar-refractivity contribution >= 4 is 18.1 Å². The number of carbonyl (C=O) groups excluding carboxylic acids is 2. The highest BCUT2D eigenvalue weighted by atomic mass is 16.5. The van der Waals surface area contributed by atoms with Crippen LogP contribution in [0.1, 0.15) is 43.2 Å². The Morgan fingerprint density at radius 3 is 2.45 bits per heavy atom. The van der Waals surface area contributed by atoms with Gasteiger partial charge in [0.25, 0.3) is 5.91 Å². The normalized spacial score (nSPS) is 10.9. The Kier molecular flexibility index (Phi) is 5.93. The van der Waals surface area contributed by atoms with Crippen molar-refractivity contribution in [3.8, 4) is 5.69 Å². The number of hydrogen-bond donors (Lipinski definition) is 1. The minimum absolute atomic E-state index is 0.260. The van der Waals surface area contributed by atoms with E-state index in [2.05, 4.69) is 10.5 Å². The predicted molar refractivity (Wildman–Crippen MR) is 113 cm³/mol. The second kappa shape index (κ2) is 8.56. The van der Waals surface area contributed by atoms with Crippen LogP contribution in [0, 0.1) is 20.8 Å². The van der Waals surface area contributed by atoms with Gasteiger partial charge in [0.15, 0.2) is 0 Å². The molecule has 0 aliphatic heterocycles. The molecule has 0 bridgehead atoms. The van der Waals surface area contributed by atoms with Gasteiger partial charge in [-0.3, -0.25) is 4.79 Å². The Morgan fingerprint density at radius 2 is 1.72 bits per heavy atom. The molecule has 0 spiro atoms. The van der Waals surface area contributed by atoms with Gasteiger partial charge in [0, 0.05) is 28.2 Å². The molecule has 1 amide bonds. The number of esters is 1. The minimum Gasteiger partial charge on any atom is -0.465 e. The molecule has 1 N–H and O–H groups in total. The van der Waals surface area contributed by atoms with Crippen molar-refractivity contribution in [1.82, 2.24) is 9.99 Å². The van der Waals surface area contributed by atoms with Crippen LogP contribution in [0.15, 0.2) is 59.7 Å². The summed E-state index contributed by atoms with van der Waals surface area (Å²) >= 11 is 0. The molecule has 3 rings (SSSR count). The number of nitrogens with zero attached hydrogens (tertiary/aromatic N) is 2. The molecule has 0 aliphatic rings. The Labute approximate surface area is 169 Å². The predicted octanol–water partition coefficient (Wildman–Crippen LogP) is 3.95. The average molecular weight is 389 g/mol. The van der Waals surface area contributed by atoms with Gasteiger partial charge in [-0.15, -0.1) is 0 Å². The van der Waals surface area contributed by atoms with Crippen molar-refractivity contribution in [2.24, 2.45) is 5.10 Å². The number of nitrogens with one attached hydrogen (secondary N) is 1. The van der Waals surface area contributed by atoms with Crippen molar-refractivity contribution < 1.29 is 14.3 Å². The number of ether oxygens (including phenoxy) is 1. The van der Waals surface area contributed by atoms with Gasteiger partial charge in [0.05, 0.1) is 18.9 Å². The first-order chi connectivity index (χ1) is 13.9. The smallest absolute Gasteiger partial charge is 0.337 e. The van der Waals surface area contributed by atoms with E-state index in [1.165, 1.54) is 7.11 Å². The molecule has 0 saturated heterocycles. The summed E-state index contributed by atoms with van der Waals surface area (Å²) in [6, 6.07) is 16.5. The molecule has 6 nitrogen and oxygen atoms in total. The molecule has 0 radical (unpaired) electrons. The third-order valence-corrected chi connectivity index (χ3v) is 4.65. The molecule has 1 heterocycles. The van der Waals surface area contributed by atoms with E-state index in [1.54, 1.807) is 24.4 Å². The fourth-order valence-corrected chi connectivity index (χ4v) is 3.22. The van der Waals surface area contributed by atoms with E-state index in [0.29, 0.717) is 11.1 Å². The Hall–Kier alpha value is -3.67. The summed E-state index contributed by atoms with van der Waals surface area (Å²) in [5.74, 6) is -0.639. The number of carbonyl (C=O) groups is 2. The largest absolute Gasteiger partial charge is 0.465 e. The Balaban J connectivity index is 1.82. The van der Waals surface area contributed by atoms with Gasteiger partial charge >= 0.3 is 5.97 Å². The van der Waals surface area contributed by atoms with Gasteiger partial charge in [-0.25, -0.2) is 10.2 Å².